The Morgan fingerprint density at radius 3 is 0.900 bits per heavy atom. The molecule has 0 N–H and O–H groups in total. The lowest BCUT2D eigenvalue weighted by atomic mass is 9.85. The molecule has 0 spiro atoms. The molecule has 0 aliphatic heterocycles. The Balaban J connectivity index is 0.00000147. The fourth-order valence-corrected chi connectivity index (χ4v) is 2.31. The maximum Gasteiger partial charge on any atom is 0.0629 e. The van der Waals surface area contributed by atoms with Crippen LogP contribution in [0.15, 0.2) is 91.0 Å². The molecule has 3 aromatic rings. The van der Waals surface area contributed by atoms with Gasteiger partial charge in [-0.1, -0.05) is 91.0 Å². The van der Waals surface area contributed by atoms with Crippen molar-refractivity contribution in [2.75, 3.05) is 0 Å². The topological polar surface area (TPSA) is 0 Å². The molecule has 0 saturated heterocycles. The van der Waals surface area contributed by atoms with Gasteiger partial charge in [-0.15, -0.1) is 0 Å². The van der Waals surface area contributed by atoms with E-state index in [-0.39, 0.29) is 7.43 Å². The second-order valence-corrected chi connectivity index (χ2v) is 4.47. The van der Waals surface area contributed by atoms with E-state index in [4.69, 9.17) is 0 Å². The summed E-state index contributed by atoms with van der Waals surface area (Å²) in [4.78, 5) is 0. The molecule has 0 aliphatic rings. The van der Waals surface area contributed by atoms with E-state index in [9.17, 15) is 0 Å². The molecule has 0 aliphatic carbocycles. The summed E-state index contributed by atoms with van der Waals surface area (Å²) in [7, 11) is 0. The Morgan fingerprint density at radius 1 is 0.400 bits per heavy atom. The van der Waals surface area contributed by atoms with Gasteiger partial charge in [0.15, 0.2) is 0 Å². The molecule has 5 radical (unpaired) electrons. The van der Waals surface area contributed by atoms with Crippen LogP contribution >= 0.6 is 0 Å². The summed E-state index contributed by atoms with van der Waals surface area (Å²) < 4.78 is 0. The first-order valence-corrected chi connectivity index (χ1v) is 6.48. The van der Waals surface area contributed by atoms with Gasteiger partial charge in [0.2, 0.25) is 0 Å². The zero-order chi connectivity index (χ0) is 12.9. The van der Waals surface area contributed by atoms with E-state index in [0.29, 0.717) is 0 Å². The zero-order valence-corrected chi connectivity index (χ0v) is 11.2. The lowest BCUT2D eigenvalue weighted by Crippen LogP contribution is -2.03. The van der Waals surface area contributed by atoms with E-state index < -0.39 is 0 Å². The van der Waals surface area contributed by atoms with Crippen molar-refractivity contribution in [1.29, 1.82) is 0 Å². The first-order valence-electron chi connectivity index (χ1n) is 6.48. The molecule has 0 amide bonds. The van der Waals surface area contributed by atoms with Crippen LogP contribution in [-0.4, -0.2) is 0 Å². The van der Waals surface area contributed by atoms with Gasteiger partial charge >= 0.3 is 0 Å². The van der Waals surface area contributed by atoms with E-state index in [1.54, 1.807) is 0 Å². The molecule has 0 heteroatoms. The third-order valence-electron chi connectivity index (χ3n) is 3.19. The van der Waals surface area contributed by atoms with E-state index in [0.717, 1.165) is 0 Å². The average molecular weight is 255 g/mol. The van der Waals surface area contributed by atoms with Gasteiger partial charge in [0, 0.05) is 7.43 Å². The molecule has 0 atom stereocenters. The van der Waals surface area contributed by atoms with Crippen molar-refractivity contribution >= 4 is 0 Å². The second kappa shape index (κ2) is 6.72. The molecule has 0 saturated carbocycles. The zero-order valence-electron chi connectivity index (χ0n) is 11.2. The van der Waals surface area contributed by atoms with Gasteiger partial charge in [0.05, 0.1) is 5.92 Å². The third-order valence-corrected chi connectivity index (χ3v) is 3.19. The molecule has 0 heterocycles. The molecule has 20 heavy (non-hydrogen) atoms. The number of rotatable bonds is 3. The van der Waals surface area contributed by atoms with E-state index >= 15 is 0 Å². The molecule has 0 fully saturated rings. The molecule has 95 valence electrons. The second-order valence-electron chi connectivity index (χ2n) is 4.47. The number of hydrogen-bond donors (Lipinski definition) is 0. The van der Waals surface area contributed by atoms with Crippen LogP contribution in [0.3, 0.4) is 0 Å². The van der Waals surface area contributed by atoms with Gasteiger partial charge in [-0.05, 0) is 16.7 Å². The highest BCUT2D eigenvalue weighted by Gasteiger charge is 2.16. The maximum absolute atomic E-state index is 2.16. The van der Waals surface area contributed by atoms with Crippen LogP contribution in [0.25, 0.3) is 0 Å². The van der Waals surface area contributed by atoms with Gasteiger partial charge in [-0.25, -0.2) is 0 Å². The Labute approximate surface area is 121 Å². The van der Waals surface area contributed by atoms with Crippen molar-refractivity contribution < 1.29 is 0 Å². The largest absolute Gasteiger partial charge is 0.0629 e. The number of hydrogen-bond acceptors (Lipinski definition) is 0. The van der Waals surface area contributed by atoms with Crippen LogP contribution in [-0.2, 0) is 0 Å². The monoisotopic (exact) mass is 255 g/mol. The summed E-state index contributed by atoms with van der Waals surface area (Å²) >= 11 is 0. The van der Waals surface area contributed by atoms with E-state index in [1.165, 1.54) is 22.6 Å². The van der Waals surface area contributed by atoms with Crippen molar-refractivity contribution in [2.24, 2.45) is 0 Å². The first-order chi connectivity index (χ1) is 9.45. The Bertz CT molecular complexity index is 518. The number of benzene rings is 3. The first kappa shape index (κ1) is 14.1. The molecular formula is C20H15. The summed E-state index contributed by atoms with van der Waals surface area (Å²) in [6.07, 6.45) is 0. The van der Waals surface area contributed by atoms with Crippen LogP contribution in [0.1, 0.15) is 16.7 Å². The summed E-state index contributed by atoms with van der Waals surface area (Å²) in [5, 5.41) is 0. The van der Waals surface area contributed by atoms with Crippen LogP contribution in [0.5, 0.6) is 0 Å². The van der Waals surface area contributed by atoms with Crippen molar-refractivity contribution in [3.05, 3.63) is 121 Å². The van der Waals surface area contributed by atoms with Gasteiger partial charge in [0.25, 0.3) is 0 Å². The third kappa shape index (κ3) is 2.97. The van der Waals surface area contributed by atoms with Gasteiger partial charge in [-0.2, -0.15) is 0 Å². The Kier molecular flexibility index (Phi) is 4.73. The maximum atomic E-state index is 2.16. The fraction of sp³-hybridized carbons (Fsp3) is 0. The van der Waals surface area contributed by atoms with Crippen LogP contribution in [0, 0.1) is 13.3 Å². The summed E-state index contributed by atoms with van der Waals surface area (Å²) in [5.41, 5.74) is 3.75. The van der Waals surface area contributed by atoms with Crippen LogP contribution in [0.2, 0.25) is 0 Å². The van der Waals surface area contributed by atoms with E-state index in [1.807, 2.05) is 0 Å². The lowest BCUT2D eigenvalue weighted by Gasteiger charge is -2.17. The highest BCUT2D eigenvalue weighted by molar-refractivity contribution is 5.56. The average Bonchev–Trinajstić information content (AvgIpc) is 2.51. The molecular weight excluding hydrogens is 240 g/mol. The Hall–Kier alpha value is -2.34. The Morgan fingerprint density at radius 2 is 0.650 bits per heavy atom. The van der Waals surface area contributed by atoms with E-state index in [2.05, 4.69) is 91.0 Å². The summed E-state index contributed by atoms with van der Waals surface area (Å²) in [6.45, 7) is 0. The predicted molar refractivity (Wildman–Crippen MR) is 83.1 cm³/mol. The molecule has 0 nitrogen and oxygen atoms in total. The minimum Gasteiger partial charge on any atom is -0.0622 e. The normalized spacial score (nSPS) is 10.1. The van der Waals surface area contributed by atoms with Crippen molar-refractivity contribution in [1.82, 2.24) is 0 Å². The van der Waals surface area contributed by atoms with Crippen LogP contribution in [0.4, 0.5) is 0 Å². The van der Waals surface area contributed by atoms with Gasteiger partial charge in [-0.3, -0.25) is 0 Å². The smallest absolute Gasteiger partial charge is 0.0622 e. The molecule has 0 aromatic heterocycles. The van der Waals surface area contributed by atoms with Crippen molar-refractivity contribution in [2.45, 2.75) is 0 Å². The van der Waals surface area contributed by atoms with Gasteiger partial charge < -0.3 is 0 Å². The molecule has 0 unspecified atom stereocenters. The SMILES string of the molecule is [C].c1ccc([C](c2ccccc2)c2ccccc2)cc1. The summed E-state index contributed by atoms with van der Waals surface area (Å²) in [5.74, 6) is 1.28. The van der Waals surface area contributed by atoms with Crippen molar-refractivity contribution in [3.8, 4) is 0 Å². The van der Waals surface area contributed by atoms with Crippen LogP contribution < -0.4 is 0 Å². The predicted octanol–water partition coefficient (Wildman–Crippen LogP) is 4.79. The minimum atomic E-state index is 0. The van der Waals surface area contributed by atoms with Crippen molar-refractivity contribution in [3.63, 3.8) is 0 Å². The standard InChI is InChI=1S/C19H15.C/c1-4-10-16(11-5-1)19(17-12-6-2-7-13-17)18-14-8-3-9-15-18;/h1-15H;. The highest BCUT2D eigenvalue weighted by Crippen LogP contribution is 2.30. The van der Waals surface area contributed by atoms with Gasteiger partial charge in [0.1, 0.15) is 0 Å². The minimum absolute atomic E-state index is 0. The molecule has 3 aromatic carbocycles. The lowest BCUT2D eigenvalue weighted by molar-refractivity contribution is 1.23. The molecule has 3 rings (SSSR count). The summed E-state index contributed by atoms with van der Waals surface area (Å²) in [6, 6.07) is 31.6. The molecule has 0 bridgehead atoms. The quantitative estimate of drug-likeness (QED) is 0.590. The fourth-order valence-electron chi connectivity index (χ4n) is 2.31. The highest BCUT2D eigenvalue weighted by atomic mass is 14.2.